The average molecular weight is 415 g/mol. The first-order valence-electron chi connectivity index (χ1n) is 8.31. The monoisotopic (exact) mass is 414 g/mol. The number of amides is 1. The smallest absolute Gasteiger partial charge is 0.281 e. The summed E-state index contributed by atoms with van der Waals surface area (Å²) in [6.07, 6.45) is 1.33. The lowest BCUT2D eigenvalue weighted by Gasteiger charge is -2.17. The summed E-state index contributed by atoms with van der Waals surface area (Å²) in [7, 11) is 0. The van der Waals surface area contributed by atoms with E-state index in [0.717, 1.165) is 21.0 Å². The van der Waals surface area contributed by atoms with Crippen LogP contribution in [0.15, 0.2) is 62.5 Å². The van der Waals surface area contributed by atoms with E-state index >= 15 is 0 Å². The van der Waals surface area contributed by atoms with Crippen LogP contribution in [0.4, 0.5) is 0 Å². The summed E-state index contributed by atoms with van der Waals surface area (Å²) in [5.74, 6) is 1.67. The number of hydrogen-bond acceptors (Lipinski definition) is 4. The van der Waals surface area contributed by atoms with Crippen LogP contribution in [-0.2, 0) is 4.79 Å². The maximum absolute atomic E-state index is 12.4. The second kappa shape index (κ2) is 8.19. The van der Waals surface area contributed by atoms with Crippen LogP contribution in [0.1, 0.15) is 24.9 Å². The van der Waals surface area contributed by atoms with Crippen LogP contribution in [0.25, 0.3) is 10.8 Å². The number of hydrogen-bond donors (Lipinski definition) is 1. The molecule has 0 spiro atoms. The zero-order chi connectivity index (χ0) is 18.5. The molecule has 0 aliphatic carbocycles. The fourth-order valence-electron chi connectivity index (χ4n) is 2.53. The summed E-state index contributed by atoms with van der Waals surface area (Å²) in [5.41, 5.74) is 2.50. The van der Waals surface area contributed by atoms with Crippen molar-refractivity contribution in [1.82, 2.24) is 5.43 Å². The third-order valence-electron chi connectivity index (χ3n) is 3.89. The number of nitrogens with zero attached hydrogens (tertiary/aromatic N) is 1. The minimum atomic E-state index is -0.650. The number of nitrogens with one attached hydrogen (secondary N) is 1. The highest BCUT2D eigenvalue weighted by Gasteiger charge is 2.19. The second-order valence-electron chi connectivity index (χ2n) is 5.80. The van der Waals surface area contributed by atoms with E-state index < -0.39 is 6.10 Å². The first kappa shape index (κ1) is 18.2. The van der Waals surface area contributed by atoms with Crippen LogP contribution < -0.4 is 10.2 Å². The maximum atomic E-state index is 12.4. The Morgan fingerprint density at radius 1 is 1.27 bits per heavy atom. The van der Waals surface area contributed by atoms with Crippen molar-refractivity contribution in [1.29, 1.82) is 0 Å². The van der Waals surface area contributed by atoms with E-state index in [2.05, 4.69) is 26.5 Å². The number of carbonyl (C=O) groups is 1. The summed E-state index contributed by atoms with van der Waals surface area (Å²) in [6, 6.07) is 15.4. The van der Waals surface area contributed by atoms with Crippen molar-refractivity contribution in [2.75, 3.05) is 0 Å². The molecular weight excluding hydrogens is 396 g/mol. The Morgan fingerprint density at radius 2 is 2.08 bits per heavy atom. The van der Waals surface area contributed by atoms with Gasteiger partial charge in [-0.25, -0.2) is 5.43 Å². The predicted molar refractivity (Wildman–Crippen MR) is 106 cm³/mol. The topological polar surface area (TPSA) is 63.8 Å². The minimum absolute atomic E-state index is 0.313. The van der Waals surface area contributed by atoms with Gasteiger partial charge in [-0.1, -0.05) is 37.3 Å². The lowest BCUT2D eigenvalue weighted by molar-refractivity contribution is -0.128. The van der Waals surface area contributed by atoms with Gasteiger partial charge in [-0.15, -0.1) is 0 Å². The van der Waals surface area contributed by atoms with Crippen molar-refractivity contribution in [2.24, 2.45) is 5.10 Å². The van der Waals surface area contributed by atoms with Gasteiger partial charge in [0.25, 0.3) is 5.91 Å². The molecule has 0 aliphatic rings. The van der Waals surface area contributed by atoms with E-state index in [-0.39, 0.29) is 5.91 Å². The van der Waals surface area contributed by atoms with Crippen LogP contribution in [0, 0.1) is 6.92 Å². The fourth-order valence-corrected chi connectivity index (χ4v) is 3.12. The highest BCUT2D eigenvalue weighted by molar-refractivity contribution is 9.10. The van der Waals surface area contributed by atoms with Crippen molar-refractivity contribution in [2.45, 2.75) is 26.4 Å². The molecule has 6 heteroatoms. The lowest BCUT2D eigenvalue weighted by Crippen LogP contribution is -2.35. The van der Waals surface area contributed by atoms with Gasteiger partial charge in [-0.2, -0.15) is 5.10 Å². The number of fused-ring (bicyclic) bond motifs is 1. The van der Waals surface area contributed by atoms with E-state index in [4.69, 9.17) is 9.15 Å². The molecule has 0 fully saturated rings. The number of furan rings is 1. The maximum Gasteiger partial charge on any atom is 0.281 e. The molecule has 0 aliphatic heterocycles. The van der Waals surface area contributed by atoms with Gasteiger partial charge in [0.1, 0.15) is 17.3 Å². The second-order valence-corrected chi connectivity index (χ2v) is 6.59. The van der Waals surface area contributed by atoms with Gasteiger partial charge in [0.2, 0.25) is 0 Å². The predicted octanol–water partition coefficient (Wildman–Crippen LogP) is 4.81. The summed E-state index contributed by atoms with van der Waals surface area (Å²) < 4.78 is 12.1. The van der Waals surface area contributed by atoms with Crippen LogP contribution in [0.5, 0.6) is 5.75 Å². The Kier molecular flexibility index (Phi) is 5.73. The summed E-state index contributed by atoms with van der Waals surface area (Å²) in [4.78, 5) is 12.4. The number of ether oxygens (including phenoxy) is 1. The highest BCUT2D eigenvalue weighted by Crippen LogP contribution is 2.33. The molecule has 26 heavy (non-hydrogen) atoms. The first-order valence-corrected chi connectivity index (χ1v) is 9.11. The van der Waals surface area contributed by atoms with Crippen LogP contribution in [0.2, 0.25) is 0 Å². The molecule has 1 atom stereocenters. The standard InChI is InChI=1S/C20H19BrN2O3/c1-3-17(20(24)23-22-12-15-10-8-13(2)25-15)26-18-11-9-14-6-4-5-7-16(14)19(18)21/h4-12,17H,3H2,1-2H3,(H,23,24)/b22-12+. The summed E-state index contributed by atoms with van der Waals surface area (Å²) >= 11 is 3.58. The van der Waals surface area contributed by atoms with E-state index in [1.165, 1.54) is 6.21 Å². The molecule has 1 unspecified atom stereocenters. The average Bonchev–Trinajstić information content (AvgIpc) is 3.06. The highest BCUT2D eigenvalue weighted by atomic mass is 79.9. The van der Waals surface area contributed by atoms with Crippen LogP contribution in [-0.4, -0.2) is 18.2 Å². The number of rotatable bonds is 6. The molecule has 1 N–H and O–H groups in total. The number of hydrazone groups is 1. The molecule has 1 amide bonds. The van der Waals surface area contributed by atoms with Gasteiger partial charge in [-0.3, -0.25) is 4.79 Å². The Labute approximate surface area is 160 Å². The quantitative estimate of drug-likeness (QED) is 0.464. The Bertz CT molecular complexity index is 949. The molecule has 3 rings (SSSR count). The van der Waals surface area contributed by atoms with Crippen molar-refractivity contribution < 1.29 is 13.9 Å². The van der Waals surface area contributed by atoms with Crippen LogP contribution >= 0.6 is 15.9 Å². The van der Waals surface area contributed by atoms with Gasteiger partial charge in [-0.05, 0) is 58.2 Å². The largest absolute Gasteiger partial charge is 0.479 e. The zero-order valence-electron chi connectivity index (χ0n) is 14.5. The van der Waals surface area contributed by atoms with Gasteiger partial charge in [0.05, 0.1) is 10.7 Å². The van der Waals surface area contributed by atoms with Gasteiger partial charge in [0.15, 0.2) is 6.10 Å². The molecule has 134 valence electrons. The molecular formula is C20H19BrN2O3. The molecule has 1 heterocycles. The van der Waals surface area contributed by atoms with Gasteiger partial charge >= 0.3 is 0 Å². The molecule has 0 bridgehead atoms. The number of carbonyl (C=O) groups excluding carboxylic acids is 1. The van der Waals surface area contributed by atoms with E-state index in [1.807, 2.05) is 56.3 Å². The Hall–Kier alpha value is -2.60. The van der Waals surface area contributed by atoms with Gasteiger partial charge in [0, 0.05) is 0 Å². The van der Waals surface area contributed by atoms with E-state index in [0.29, 0.717) is 17.9 Å². The SMILES string of the molecule is CCC(Oc1ccc2ccccc2c1Br)C(=O)N/N=C/c1ccc(C)o1. The van der Waals surface area contributed by atoms with E-state index in [1.54, 1.807) is 6.07 Å². The van der Waals surface area contributed by atoms with E-state index in [9.17, 15) is 4.79 Å². The third-order valence-corrected chi connectivity index (χ3v) is 4.71. The number of halogens is 1. The normalized spacial score (nSPS) is 12.4. The molecule has 0 saturated heterocycles. The lowest BCUT2D eigenvalue weighted by atomic mass is 10.1. The van der Waals surface area contributed by atoms with Gasteiger partial charge < -0.3 is 9.15 Å². The van der Waals surface area contributed by atoms with Crippen molar-refractivity contribution in [3.05, 3.63) is 64.5 Å². The Balaban J connectivity index is 1.69. The molecule has 1 aromatic heterocycles. The molecule has 3 aromatic rings. The fraction of sp³-hybridized carbons (Fsp3) is 0.200. The van der Waals surface area contributed by atoms with Crippen molar-refractivity contribution in [3.8, 4) is 5.75 Å². The number of benzene rings is 2. The van der Waals surface area contributed by atoms with Crippen LogP contribution in [0.3, 0.4) is 0 Å². The zero-order valence-corrected chi connectivity index (χ0v) is 16.1. The third kappa shape index (κ3) is 4.14. The molecule has 0 saturated carbocycles. The molecule has 2 aromatic carbocycles. The van der Waals surface area contributed by atoms with Crippen molar-refractivity contribution >= 4 is 38.8 Å². The first-order chi connectivity index (χ1) is 12.6. The Morgan fingerprint density at radius 3 is 2.81 bits per heavy atom. The molecule has 0 radical (unpaired) electrons. The molecule has 5 nitrogen and oxygen atoms in total. The van der Waals surface area contributed by atoms with Crippen molar-refractivity contribution in [3.63, 3.8) is 0 Å². The minimum Gasteiger partial charge on any atom is -0.479 e. The summed E-state index contributed by atoms with van der Waals surface area (Å²) in [6.45, 7) is 3.73. The number of aryl methyl sites for hydroxylation is 1. The summed E-state index contributed by atoms with van der Waals surface area (Å²) in [5, 5.41) is 6.06.